The molecule has 0 spiro atoms. The molecule has 6 nitrogen and oxygen atoms in total. The van der Waals surface area contributed by atoms with Crippen LogP contribution < -0.4 is 0 Å². The Morgan fingerprint density at radius 1 is 1.00 bits per heavy atom. The third-order valence-electron chi connectivity index (χ3n) is 5.01. The summed E-state index contributed by atoms with van der Waals surface area (Å²) in [6.45, 7) is 2.97. The molecule has 0 fully saturated rings. The number of fused-ring (bicyclic) bond motifs is 2. The molecular formula is C23H18N6. The molecule has 0 N–H and O–H groups in total. The van der Waals surface area contributed by atoms with Crippen LogP contribution in [0.4, 0.5) is 0 Å². The zero-order valence-corrected chi connectivity index (χ0v) is 15.9. The molecule has 0 atom stereocenters. The number of nitrogens with zero attached hydrogens (tertiary/aromatic N) is 6. The molecule has 3 heterocycles. The Bertz CT molecular complexity index is 1370. The minimum Gasteiger partial charge on any atom is -0.315 e. The summed E-state index contributed by atoms with van der Waals surface area (Å²) in [6.07, 6.45) is 4.85. The van der Waals surface area contributed by atoms with Crippen molar-refractivity contribution >= 4 is 22.1 Å². The molecule has 0 unspecified atom stereocenters. The minimum absolute atomic E-state index is 0.613. The summed E-state index contributed by atoms with van der Waals surface area (Å²) < 4.78 is 4.13. The molecule has 0 aliphatic carbocycles. The van der Waals surface area contributed by atoms with E-state index in [0.29, 0.717) is 11.4 Å². The van der Waals surface area contributed by atoms with Crippen molar-refractivity contribution in [1.82, 2.24) is 24.1 Å². The zero-order chi connectivity index (χ0) is 19.8. The van der Waals surface area contributed by atoms with Gasteiger partial charge in [0, 0.05) is 18.3 Å². The fourth-order valence-electron chi connectivity index (χ4n) is 3.59. The number of rotatable bonds is 4. The van der Waals surface area contributed by atoms with Gasteiger partial charge < -0.3 is 4.57 Å². The lowest BCUT2D eigenvalue weighted by Crippen LogP contribution is -2.04. The van der Waals surface area contributed by atoms with E-state index in [2.05, 4.69) is 45.3 Å². The van der Waals surface area contributed by atoms with E-state index in [1.54, 1.807) is 12.1 Å². The summed E-state index contributed by atoms with van der Waals surface area (Å²) in [5, 5.41) is 10.2. The molecule has 0 saturated carbocycles. The predicted octanol–water partition coefficient (Wildman–Crippen LogP) is 4.72. The van der Waals surface area contributed by atoms with Crippen LogP contribution in [0.5, 0.6) is 0 Å². The first-order chi connectivity index (χ1) is 14.3. The van der Waals surface area contributed by atoms with Crippen molar-refractivity contribution in [2.75, 3.05) is 0 Å². The summed E-state index contributed by atoms with van der Waals surface area (Å²) in [7, 11) is 0. The monoisotopic (exact) mass is 378 g/mol. The number of benzene rings is 2. The van der Waals surface area contributed by atoms with Gasteiger partial charge in [0.25, 0.3) is 0 Å². The first-order valence-electron chi connectivity index (χ1n) is 9.58. The molecule has 5 aromatic rings. The molecular weight excluding hydrogens is 360 g/mol. The van der Waals surface area contributed by atoms with Gasteiger partial charge >= 0.3 is 0 Å². The van der Waals surface area contributed by atoms with Gasteiger partial charge in [0.15, 0.2) is 22.8 Å². The Morgan fingerprint density at radius 3 is 2.62 bits per heavy atom. The second kappa shape index (κ2) is 6.88. The topological polar surface area (TPSA) is 72.3 Å². The van der Waals surface area contributed by atoms with Crippen LogP contribution in [0.25, 0.3) is 39.3 Å². The average molecular weight is 378 g/mol. The number of hydrogen-bond donors (Lipinski definition) is 0. The van der Waals surface area contributed by atoms with Crippen molar-refractivity contribution in [3.05, 3.63) is 72.7 Å². The lowest BCUT2D eigenvalue weighted by Gasteiger charge is -2.10. The summed E-state index contributed by atoms with van der Waals surface area (Å²) >= 11 is 0. The summed E-state index contributed by atoms with van der Waals surface area (Å²) in [5.74, 6) is 1.37. The minimum atomic E-state index is 0.613. The highest BCUT2D eigenvalue weighted by Gasteiger charge is 2.17. The third-order valence-corrected chi connectivity index (χ3v) is 5.01. The fraction of sp³-hybridized carbons (Fsp3) is 0.130. The molecule has 0 aliphatic rings. The van der Waals surface area contributed by atoms with Crippen LogP contribution in [0, 0.1) is 11.3 Å². The molecule has 3 aromatic heterocycles. The second-order valence-electron chi connectivity index (χ2n) is 6.91. The van der Waals surface area contributed by atoms with Gasteiger partial charge in [-0.05, 0) is 48.2 Å². The van der Waals surface area contributed by atoms with Crippen LogP contribution in [0.2, 0.25) is 0 Å². The molecule has 0 amide bonds. The third kappa shape index (κ3) is 2.84. The first kappa shape index (κ1) is 17.1. The van der Waals surface area contributed by atoms with E-state index in [-0.39, 0.29) is 0 Å². The smallest absolute Gasteiger partial charge is 0.169 e. The highest BCUT2D eigenvalue weighted by atomic mass is 15.2. The molecule has 0 saturated heterocycles. The van der Waals surface area contributed by atoms with Gasteiger partial charge in [0.1, 0.15) is 0 Å². The number of hydrogen-bond acceptors (Lipinski definition) is 4. The lowest BCUT2D eigenvalue weighted by molar-refractivity contribution is 0.691. The van der Waals surface area contributed by atoms with Crippen molar-refractivity contribution in [2.45, 2.75) is 19.9 Å². The van der Waals surface area contributed by atoms with Crippen LogP contribution in [-0.4, -0.2) is 24.1 Å². The number of para-hydroxylation sites is 1. The van der Waals surface area contributed by atoms with Crippen LogP contribution in [0.15, 0.2) is 67.1 Å². The Balaban J connectivity index is 1.79. The van der Waals surface area contributed by atoms with Crippen molar-refractivity contribution < 1.29 is 0 Å². The SMILES string of the molecule is CCCn1cnc2c(-n3ccc4ccccc43)nc(-c3ccc(C#N)cc3)nc21. The molecule has 29 heavy (non-hydrogen) atoms. The number of imidazole rings is 1. The lowest BCUT2D eigenvalue weighted by atomic mass is 10.1. The van der Waals surface area contributed by atoms with Gasteiger partial charge in [-0.3, -0.25) is 4.57 Å². The van der Waals surface area contributed by atoms with E-state index >= 15 is 0 Å². The van der Waals surface area contributed by atoms with Crippen LogP contribution >= 0.6 is 0 Å². The molecule has 0 bridgehead atoms. The first-order valence-corrected chi connectivity index (χ1v) is 9.58. The zero-order valence-electron chi connectivity index (χ0n) is 15.9. The summed E-state index contributed by atoms with van der Waals surface area (Å²) in [6, 6.07) is 19.8. The highest BCUT2D eigenvalue weighted by molar-refractivity contribution is 5.87. The molecule has 0 aliphatic heterocycles. The van der Waals surface area contributed by atoms with E-state index in [1.807, 2.05) is 36.8 Å². The molecule has 0 radical (unpaired) electrons. The summed E-state index contributed by atoms with van der Waals surface area (Å²) in [5.41, 5.74) is 4.14. The quantitative estimate of drug-likeness (QED) is 0.454. The van der Waals surface area contributed by atoms with Crippen molar-refractivity contribution in [2.24, 2.45) is 0 Å². The van der Waals surface area contributed by atoms with Crippen LogP contribution in [0.3, 0.4) is 0 Å². The maximum absolute atomic E-state index is 9.08. The van der Waals surface area contributed by atoms with Gasteiger partial charge in [-0.1, -0.05) is 25.1 Å². The highest BCUT2D eigenvalue weighted by Crippen LogP contribution is 2.27. The van der Waals surface area contributed by atoms with E-state index < -0.39 is 0 Å². The van der Waals surface area contributed by atoms with Gasteiger partial charge in [0.2, 0.25) is 0 Å². The van der Waals surface area contributed by atoms with Crippen molar-refractivity contribution in [3.63, 3.8) is 0 Å². The largest absolute Gasteiger partial charge is 0.315 e. The van der Waals surface area contributed by atoms with E-state index in [9.17, 15) is 0 Å². The molecule has 6 heteroatoms. The Labute approximate surface area is 167 Å². The normalized spacial score (nSPS) is 11.2. The Kier molecular flexibility index (Phi) is 4.07. The fourth-order valence-corrected chi connectivity index (χ4v) is 3.59. The van der Waals surface area contributed by atoms with Gasteiger partial charge in [0.05, 0.1) is 23.5 Å². The predicted molar refractivity (Wildman–Crippen MR) is 113 cm³/mol. The Hall–Kier alpha value is -3.98. The summed E-state index contributed by atoms with van der Waals surface area (Å²) in [4.78, 5) is 14.3. The maximum Gasteiger partial charge on any atom is 0.169 e. The van der Waals surface area contributed by atoms with Gasteiger partial charge in [-0.25, -0.2) is 15.0 Å². The van der Waals surface area contributed by atoms with Crippen molar-refractivity contribution in [3.8, 4) is 23.3 Å². The van der Waals surface area contributed by atoms with Crippen molar-refractivity contribution in [1.29, 1.82) is 5.26 Å². The van der Waals surface area contributed by atoms with E-state index in [0.717, 1.165) is 46.4 Å². The second-order valence-corrected chi connectivity index (χ2v) is 6.91. The average Bonchev–Trinajstić information content (AvgIpc) is 3.38. The van der Waals surface area contributed by atoms with E-state index in [1.165, 1.54) is 0 Å². The number of aryl methyl sites for hydroxylation is 1. The molecule has 140 valence electrons. The van der Waals surface area contributed by atoms with Gasteiger partial charge in [-0.15, -0.1) is 0 Å². The molecule has 5 rings (SSSR count). The number of aromatic nitrogens is 5. The Morgan fingerprint density at radius 2 is 1.83 bits per heavy atom. The van der Waals surface area contributed by atoms with Crippen LogP contribution in [-0.2, 0) is 6.54 Å². The van der Waals surface area contributed by atoms with Crippen LogP contribution in [0.1, 0.15) is 18.9 Å². The molecule has 2 aromatic carbocycles. The van der Waals surface area contributed by atoms with E-state index in [4.69, 9.17) is 15.2 Å². The van der Waals surface area contributed by atoms with Gasteiger partial charge in [-0.2, -0.15) is 5.26 Å². The standard InChI is InChI=1S/C23H18N6/c1-2-12-28-15-25-20-22(28)26-21(18-9-7-16(14-24)8-10-18)27-23(20)29-13-11-17-5-3-4-6-19(17)29/h3-11,13,15H,2,12H2,1H3. The number of nitriles is 1. The maximum atomic E-state index is 9.08.